The van der Waals surface area contributed by atoms with Crippen molar-refractivity contribution in [1.82, 2.24) is 19.3 Å². The highest BCUT2D eigenvalue weighted by Gasteiger charge is 2.33. The van der Waals surface area contributed by atoms with Gasteiger partial charge in [-0.05, 0) is 25.3 Å². The normalized spacial score (nSPS) is 17.8. The largest absolute Gasteiger partial charge is 0.339 e. The Hall–Kier alpha value is -2.26. The van der Waals surface area contributed by atoms with Crippen LogP contribution in [0.3, 0.4) is 0 Å². The van der Waals surface area contributed by atoms with Crippen LogP contribution in [0.15, 0.2) is 28.8 Å². The van der Waals surface area contributed by atoms with Crippen molar-refractivity contribution in [2.75, 3.05) is 19.6 Å². The highest BCUT2D eigenvalue weighted by molar-refractivity contribution is 7.88. The molecule has 1 atom stereocenters. The first-order valence-corrected chi connectivity index (χ1v) is 12.4. The van der Waals surface area contributed by atoms with Crippen LogP contribution in [0.4, 0.5) is 0 Å². The Morgan fingerprint density at radius 2 is 2.00 bits per heavy atom. The number of hydrogen-bond acceptors (Lipinski definition) is 6. The number of hydrogen-bond donors (Lipinski definition) is 0. The third-order valence-electron chi connectivity index (χ3n) is 5.62. The van der Waals surface area contributed by atoms with E-state index in [-0.39, 0.29) is 23.6 Å². The lowest BCUT2D eigenvalue weighted by Gasteiger charge is -2.38. The number of amides is 1. The van der Waals surface area contributed by atoms with Crippen molar-refractivity contribution in [2.45, 2.75) is 64.7 Å². The van der Waals surface area contributed by atoms with E-state index in [2.05, 4.69) is 10.1 Å². The van der Waals surface area contributed by atoms with Crippen LogP contribution in [-0.4, -0.2) is 59.3 Å². The topological polar surface area (TPSA) is 96.6 Å². The molecule has 0 spiro atoms. The van der Waals surface area contributed by atoms with Crippen molar-refractivity contribution in [1.29, 1.82) is 0 Å². The lowest BCUT2D eigenvalue weighted by Crippen LogP contribution is -2.51. The van der Waals surface area contributed by atoms with Gasteiger partial charge in [0.15, 0.2) is 5.82 Å². The molecule has 2 aromatic rings. The molecule has 0 aliphatic carbocycles. The summed E-state index contributed by atoms with van der Waals surface area (Å²) in [6, 6.07) is 7.39. The summed E-state index contributed by atoms with van der Waals surface area (Å²) < 4.78 is 32.8. The minimum atomic E-state index is -3.46. The molecule has 0 N–H and O–H groups in total. The van der Waals surface area contributed by atoms with Crippen LogP contribution >= 0.6 is 0 Å². The molecule has 31 heavy (non-hydrogen) atoms. The molecule has 1 amide bonds. The second-order valence-corrected chi connectivity index (χ2v) is 10.5. The summed E-state index contributed by atoms with van der Waals surface area (Å²) in [6.07, 6.45) is 1.98. The number of aryl methyl sites for hydroxylation is 1. The van der Waals surface area contributed by atoms with E-state index >= 15 is 0 Å². The fraction of sp³-hybridized carbons (Fsp3) is 0.591. The van der Waals surface area contributed by atoms with Gasteiger partial charge in [-0.1, -0.05) is 48.8 Å². The highest BCUT2D eigenvalue weighted by atomic mass is 32.2. The Morgan fingerprint density at radius 3 is 2.61 bits per heavy atom. The molecule has 3 rings (SSSR count). The molecular weight excluding hydrogens is 416 g/mol. The van der Waals surface area contributed by atoms with Crippen molar-refractivity contribution in [3.05, 3.63) is 47.1 Å². The number of sulfonamides is 1. The van der Waals surface area contributed by atoms with E-state index in [0.29, 0.717) is 37.8 Å². The predicted octanol–water partition coefficient (Wildman–Crippen LogP) is 2.89. The van der Waals surface area contributed by atoms with Crippen LogP contribution < -0.4 is 0 Å². The van der Waals surface area contributed by atoms with Gasteiger partial charge in [-0.2, -0.15) is 9.29 Å². The molecule has 9 heteroatoms. The first-order valence-electron chi connectivity index (χ1n) is 10.8. The maximum Gasteiger partial charge on any atom is 0.229 e. The molecule has 170 valence electrons. The minimum absolute atomic E-state index is 0.0269. The van der Waals surface area contributed by atoms with E-state index in [1.807, 2.05) is 45.0 Å². The number of piperidine rings is 1. The van der Waals surface area contributed by atoms with Gasteiger partial charge in [0, 0.05) is 44.9 Å². The number of carbonyl (C=O) groups excluding carboxylic acids is 1. The second-order valence-electron chi connectivity index (χ2n) is 8.56. The average molecular weight is 449 g/mol. The molecule has 2 heterocycles. The smallest absolute Gasteiger partial charge is 0.229 e. The Balaban J connectivity index is 1.65. The zero-order valence-corrected chi connectivity index (χ0v) is 19.6. The van der Waals surface area contributed by atoms with Gasteiger partial charge in [-0.3, -0.25) is 4.79 Å². The van der Waals surface area contributed by atoms with Crippen LogP contribution in [0.5, 0.6) is 0 Å². The van der Waals surface area contributed by atoms with Gasteiger partial charge in [0.25, 0.3) is 0 Å². The van der Waals surface area contributed by atoms with Crippen molar-refractivity contribution in [2.24, 2.45) is 0 Å². The van der Waals surface area contributed by atoms with Gasteiger partial charge < -0.3 is 9.42 Å². The lowest BCUT2D eigenvalue weighted by molar-refractivity contribution is -0.131. The first kappa shape index (κ1) is 23.4. The SMILES string of the molecule is CC(=O)N(CCc1noc(C(C)C)n1)C1CCCN(S(=O)(=O)Cc2ccc(C)cc2)C1. The highest BCUT2D eigenvalue weighted by Crippen LogP contribution is 2.22. The zero-order valence-electron chi connectivity index (χ0n) is 18.7. The van der Waals surface area contributed by atoms with Gasteiger partial charge in [0.2, 0.25) is 21.8 Å². The van der Waals surface area contributed by atoms with Crippen molar-refractivity contribution >= 4 is 15.9 Å². The molecule has 0 saturated carbocycles. The fourth-order valence-corrected chi connectivity index (χ4v) is 5.44. The summed E-state index contributed by atoms with van der Waals surface area (Å²) in [5, 5.41) is 3.99. The van der Waals surface area contributed by atoms with Crippen molar-refractivity contribution in [3.8, 4) is 0 Å². The van der Waals surface area contributed by atoms with E-state index in [9.17, 15) is 13.2 Å². The molecule has 1 unspecified atom stereocenters. The van der Waals surface area contributed by atoms with Crippen LogP contribution in [-0.2, 0) is 27.0 Å². The van der Waals surface area contributed by atoms with Crippen LogP contribution in [0, 0.1) is 6.92 Å². The first-order chi connectivity index (χ1) is 14.7. The molecule has 1 saturated heterocycles. The Kier molecular flexibility index (Phi) is 7.48. The van der Waals surface area contributed by atoms with E-state index < -0.39 is 10.0 Å². The average Bonchev–Trinajstić information content (AvgIpc) is 3.19. The summed E-state index contributed by atoms with van der Waals surface area (Å²) in [5.74, 6) is 1.19. The zero-order chi connectivity index (χ0) is 22.6. The maximum atomic E-state index is 13.0. The van der Waals surface area contributed by atoms with Crippen molar-refractivity contribution in [3.63, 3.8) is 0 Å². The van der Waals surface area contributed by atoms with Gasteiger partial charge in [0.1, 0.15) is 0 Å². The van der Waals surface area contributed by atoms with Crippen molar-refractivity contribution < 1.29 is 17.7 Å². The Labute approximate surface area is 184 Å². The van der Waals surface area contributed by atoms with Gasteiger partial charge in [0.05, 0.1) is 5.75 Å². The summed E-state index contributed by atoms with van der Waals surface area (Å²) in [7, 11) is -3.46. The van der Waals surface area contributed by atoms with E-state index in [1.54, 1.807) is 4.90 Å². The molecule has 1 aromatic carbocycles. The third-order valence-corrected chi connectivity index (χ3v) is 7.44. The van der Waals surface area contributed by atoms with Gasteiger partial charge >= 0.3 is 0 Å². The third kappa shape index (κ3) is 6.13. The summed E-state index contributed by atoms with van der Waals surface area (Å²) >= 11 is 0. The molecule has 1 fully saturated rings. The number of aromatic nitrogens is 2. The van der Waals surface area contributed by atoms with Crippen LogP contribution in [0.1, 0.15) is 62.4 Å². The number of rotatable bonds is 8. The number of nitrogens with zero attached hydrogens (tertiary/aromatic N) is 4. The van der Waals surface area contributed by atoms with Crippen LogP contribution in [0.2, 0.25) is 0 Å². The lowest BCUT2D eigenvalue weighted by atomic mass is 10.1. The predicted molar refractivity (Wildman–Crippen MR) is 118 cm³/mol. The molecular formula is C22H32N4O4S. The summed E-state index contributed by atoms with van der Waals surface area (Å²) in [4.78, 5) is 18.5. The minimum Gasteiger partial charge on any atom is -0.339 e. The Bertz CT molecular complexity index is 985. The quantitative estimate of drug-likeness (QED) is 0.616. The van der Waals surface area contributed by atoms with Gasteiger partial charge in [-0.25, -0.2) is 8.42 Å². The molecule has 1 aromatic heterocycles. The molecule has 8 nitrogen and oxygen atoms in total. The van der Waals surface area contributed by atoms with E-state index in [4.69, 9.17) is 4.52 Å². The van der Waals surface area contributed by atoms with Crippen LogP contribution in [0.25, 0.3) is 0 Å². The standard InChI is InChI=1S/C22H32N4O4S/c1-16(2)22-23-21(24-30-22)11-13-26(18(4)27)20-6-5-12-25(14-20)31(28,29)15-19-9-7-17(3)8-10-19/h7-10,16,20H,5-6,11-15H2,1-4H3. The van der Waals surface area contributed by atoms with E-state index in [0.717, 1.165) is 24.0 Å². The van der Waals surface area contributed by atoms with E-state index in [1.165, 1.54) is 11.2 Å². The molecule has 1 aliphatic rings. The maximum absolute atomic E-state index is 13.0. The van der Waals surface area contributed by atoms with Gasteiger partial charge in [-0.15, -0.1) is 0 Å². The molecule has 0 bridgehead atoms. The number of carbonyl (C=O) groups is 1. The molecule has 0 radical (unpaired) electrons. The monoisotopic (exact) mass is 448 g/mol. The second kappa shape index (κ2) is 9.91. The summed E-state index contributed by atoms with van der Waals surface area (Å²) in [6.45, 7) is 8.69. The number of benzene rings is 1. The molecule has 1 aliphatic heterocycles. The fourth-order valence-electron chi connectivity index (χ4n) is 3.84. The summed E-state index contributed by atoms with van der Waals surface area (Å²) in [5.41, 5.74) is 1.87. The Morgan fingerprint density at radius 1 is 1.29 bits per heavy atom.